The summed E-state index contributed by atoms with van der Waals surface area (Å²) >= 11 is 7.18. The fraction of sp³-hybridized carbons (Fsp3) is 0.200. The van der Waals surface area contributed by atoms with E-state index in [1.54, 1.807) is 45.3 Å². The van der Waals surface area contributed by atoms with Crippen molar-refractivity contribution >= 4 is 109 Å². The maximum absolute atomic E-state index is 2.48. The molecule has 0 aliphatic heterocycles. The summed E-state index contributed by atoms with van der Waals surface area (Å²) in [4.78, 5) is 4.96. The average molecular weight is 673 g/mol. The summed E-state index contributed by atoms with van der Waals surface area (Å²) in [5.74, 6) is 0. The molecule has 0 aliphatic carbocycles. The summed E-state index contributed by atoms with van der Waals surface area (Å²) in [6.45, 7) is 14.1. The van der Waals surface area contributed by atoms with Crippen molar-refractivity contribution in [1.82, 2.24) is 0 Å². The predicted molar refractivity (Wildman–Crippen MR) is 208 cm³/mol. The molecule has 4 aromatic heterocycles. The van der Waals surface area contributed by atoms with Crippen LogP contribution >= 0.6 is 45.3 Å². The van der Waals surface area contributed by atoms with Crippen LogP contribution in [-0.4, -0.2) is 0 Å². The van der Waals surface area contributed by atoms with Gasteiger partial charge in [0.2, 0.25) is 0 Å². The van der Waals surface area contributed by atoms with Crippen molar-refractivity contribution < 1.29 is 0 Å². The van der Waals surface area contributed by atoms with E-state index in [1.807, 2.05) is 0 Å². The minimum atomic E-state index is -0.0523. The Hall–Kier alpha value is -3.68. The summed E-state index contributed by atoms with van der Waals surface area (Å²) in [5.41, 5.74) is 5.13. The normalized spacial score (nSPS) is 12.6. The molecular weight excluding hydrogens is 637 g/mol. The lowest BCUT2D eigenvalue weighted by Crippen LogP contribution is -2.17. The van der Waals surface area contributed by atoms with Crippen LogP contribution in [0.3, 0.4) is 0 Å². The molecule has 4 heterocycles. The van der Waals surface area contributed by atoms with E-state index in [-0.39, 0.29) is 10.8 Å². The van der Waals surface area contributed by atoms with Gasteiger partial charge in [0.25, 0.3) is 0 Å². The Morgan fingerprint density at radius 1 is 0.413 bits per heavy atom. The van der Waals surface area contributed by atoms with Crippen LogP contribution in [-0.2, 0) is 10.8 Å². The van der Waals surface area contributed by atoms with E-state index in [9.17, 15) is 0 Å². The highest BCUT2D eigenvalue weighted by Gasteiger charge is 2.30. The van der Waals surface area contributed by atoms with Crippen molar-refractivity contribution in [1.29, 1.82) is 0 Å². The van der Waals surface area contributed by atoms with Crippen LogP contribution in [0.25, 0.3) is 32.3 Å². The van der Waals surface area contributed by atoms with Gasteiger partial charge in [-0.2, -0.15) is 0 Å². The third-order valence-corrected chi connectivity index (χ3v) is 12.3. The minimum absolute atomic E-state index is 0.0523. The van der Waals surface area contributed by atoms with Gasteiger partial charge >= 0.3 is 0 Å². The molecule has 0 fully saturated rings. The number of nitrogens with zero attached hydrogens (tertiary/aromatic N) is 2. The highest BCUT2D eigenvalue weighted by Crippen LogP contribution is 2.53. The van der Waals surface area contributed by atoms with E-state index in [1.165, 1.54) is 74.8 Å². The predicted octanol–water partition coefficient (Wildman–Crippen LogP) is 14.4. The molecule has 0 atom stereocenters. The number of rotatable bonds is 6. The molecule has 46 heavy (non-hydrogen) atoms. The standard InChI is InChI=1S/C40H36N2S4/c1-39(2,3)29-23-31(41(33-11-7-19-43-33)34-12-8-20-44-34)27-18-16-26-30(40(4,5)6)24-32(28-17-15-25(29)37(27)38(26)28)42(35-13-9-21-45-35)36-14-10-22-46-36/h7-24H,1-6H3. The highest BCUT2D eigenvalue weighted by molar-refractivity contribution is 7.17. The second-order valence-electron chi connectivity index (χ2n) is 13.9. The average Bonchev–Trinajstić information content (AvgIpc) is 3.85. The van der Waals surface area contributed by atoms with Gasteiger partial charge in [-0.15, -0.1) is 45.3 Å². The lowest BCUT2D eigenvalue weighted by Gasteiger charge is -2.32. The molecule has 4 aromatic carbocycles. The van der Waals surface area contributed by atoms with Gasteiger partial charge in [0.15, 0.2) is 0 Å². The monoisotopic (exact) mass is 672 g/mol. The quantitative estimate of drug-likeness (QED) is 0.162. The Morgan fingerprint density at radius 3 is 0.978 bits per heavy atom. The van der Waals surface area contributed by atoms with Gasteiger partial charge in [0, 0.05) is 10.8 Å². The topological polar surface area (TPSA) is 6.48 Å². The third-order valence-electron chi connectivity index (χ3n) is 8.86. The van der Waals surface area contributed by atoms with Crippen LogP contribution in [0.2, 0.25) is 0 Å². The van der Waals surface area contributed by atoms with Crippen LogP contribution in [0.4, 0.5) is 31.4 Å². The van der Waals surface area contributed by atoms with Crippen LogP contribution in [0.5, 0.6) is 0 Å². The van der Waals surface area contributed by atoms with Gasteiger partial charge in [0.1, 0.15) is 20.0 Å². The number of thiophene rings is 4. The van der Waals surface area contributed by atoms with Crippen molar-refractivity contribution in [2.45, 2.75) is 52.4 Å². The molecule has 0 unspecified atom stereocenters. The van der Waals surface area contributed by atoms with Crippen LogP contribution in [0.1, 0.15) is 52.7 Å². The number of benzene rings is 4. The molecule has 0 spiro atoms. The molecule has 0 saturated heterocycles. The van der Waals surface area contributed by atoms with E-state index < -0.39 is 0 Å². The van der Waals surface area contributed by atoms with E-state index in [2.05, 4.69) is 158 Å². The Labute approximate surface area is 287 Å². The fourth-order valence-electron chi connectivity index (χ4n) is 6.85. The third kappa shape index (κ3) is 4.77. The second kappa shape index (κ2) is 11.0. The summed E-state index contributed by atoms with van der Waals surface area (Å²) in [6, 6.07) is 32.1. The van der Waals surface area contributed by atoms with Gasteiger partial charge in [-0.3, -0.25) is 9.80 Å². The molecule has 8 rings (SSSR count). The van der Waals surface area contributed by atoms with E-state index >= 15 is 0 Å². The van der Waals surface area contributed by atoms with E-state index in [0.29, 0.717) is 0 Å². The number of hydrogen-bond acceptors (Lipinski definition) is 6. The minimum Gasteiger partial charge on any atom is -0.292 e. The largest absolute Gasteiger partial charge is 0.292 e. The molecule has 6 heteroatoms. The first-order valence-corrected chi connectivity index (χ1v) is 19.2. The zero-order valence-electron chi connectivity index (χ0n) is 26.9. The molecule has 0 bridgehead atoms. The molecule has 0 amide bonds. The molecule has 8 aromatic rings. The van der Waals surface area contributed by atoms with Gasteiger partial charge in [-0.1, -0.05) is 65.8 Å². The van der Waals surface area contributed by atoms with Gasteiger partial charge in [-0.05, 0) is 126 Å². The maximum atomic E-state index is 2.48. The summed E-state index contributed by atoms with van der Waals surface area (Å²) < 4.78 is 0. The Bertz CT molecular complexity index is 2030. The summed E-state index contributed by atoms with van der Waals surface area (Å²) in [7, 11) is 0. The van der Waals surface area contributed by atoms with Crippen LogP contribution < -0.4 is 9.80 Å². The first kappa shape index (κ1) is 29.7. The molecule has 0 saturated carbocycles. The van der Waals surface area contributed by atoms with Crippen molar-refractivity contribution in [3.8, 4) is 0 Å². The number of anilines is 6. The highest BCUT2D eigenvalue weighted by atomic mass is 32.1. The molecule has 230 valence electrons. The SMILES string of the molecule is CC(C)(C)c1cc(N(c2cccs2)c2cccs2)c2ccc3c(C(C)(C)C)cc(N(c4cccs4)c4cccs4)c4ccc1c2c43. The smallest absolute Gasteiger partial charge is 0.101 e. The summed E-state index contributed by atoms with van der Waals surface area (Å²) in [6.07, 6.45) is 0. The van der Waals surface area contributed by atoms with Gasteiger partial charge in [-0.25, -0.2) is 0 Å². The van der Waals surface area contributed by atoms with Crippen molar-refractivity contribution in [3.63, 3.8) is 0 Å². The zero-order chi connectivity index (χ0) is 31.8. The second-order valence-corrected chi connectivity index (χ2v) is 17.6. The van der Waals surface area contributed by atoms with Crippen molar-refractivity contribution in [2.24, 2.45) is 0 Å². The molecule has 0 N–H and O–H groups in total. The first-order valence-electron chi connectivity index (χ1n) is 15.6. The Morgan fingerprint density at radius 2 is 0.717 bits per heavy atom. The van der Waals surface area contributed by atoms with Crippen molar-refractivity contribution in [3.05, 3.63) is 118 Å². The molecular formula is C40H36N2S4. The van der Waals surface area contributed by atoms with E-state index in [4.69, 9.17) is 0 Å². The van der Waals surface area contributed by atoms with Crippen LogP contribution in [0, 0.1) is 0 Å². The van der Waals surface area contributed by atoms with Crippen molar-refractivity contribution in [2.75, 3.05) is 9.80 Å². The summed E-state index contributed by atoms with van der Waals surface area (Å²) in [5, 5.41) is 21.6. The lowest BCUT2D eigenvalue weighted by molar-refractivity contribution is 0.595. The molecule has 0 radical (unpaired) electrons. The first-order chi connectivity index (χ1) is 22.1. The fourth-order valence-corrected chi connectivity index (χ4v) is 9.99. The van der Waals surface area contributed by atoms with Gasteiger partial charge in [0.05, 0.1) is 11.4 Å². The van der Waals surface area contributed by atoms with Gasteiger partial charge < -0.3 is 0 Å². The molecule has 0 aliphatic rings. The maximum Gasteiger partial charge on any atom is 0.101 e. The Balaban J connectivity index is 1.56. The van der Waals surface area contributed by atoms with Crippen LogP contribution in [0.15, 0.2) is 106 Å². The lowest BCUT2D eigenvalue weighted by atomic mass is 9.77. The number of hydrogen-bond donors (Lipinski definition) is 0. The Kier molecular flexibility index (Phi) is 7.07. The molecule has 2 nitrogen and oxygen atoms in total. The zero-order valence-corrected chi connectivity index (χ0v) is 30.2. The van der Waals surface area contributed by atoms with E-state index in [0.717, 1.165) is 0 Å².